The van der Waals surface area contributed by atoms with Gasteiger partial charge in [0.1, 0.15) is 0 Å². The standard InChI is InChI=1S/C19H20N2/c1-14-9-11-16(12-10-14)19(21-20)13-17-7-4-6-15-5-2-3-8-18(15)17/h2-12,19,21H,13,20H2,1H3. The first kappa shape index (κ1) is 13.8. The van der Waals surface area contributed by atoms with E-state index in [1.54, 1.807) is 0 Å². The molecule has 0 spiro atoms. The molecular weight excluding hydrogens is 256 g/mol. The largest absolute Gasteiger partial charge is 0.271 e. The average molecular weight is 276 g/mol. The number of nitrogens with two attached hydrogens (primary N) is 1. The lowest BCUT2D eigenvalue weighted by atomic mass is 9.95. The highest BCUT2D eigenvalue weighted by Gasteiger charge is 2.12. The Bertz CT molecular complexity index is 727. The van der Waals surface area contributed by atoms with E-state index in [1.165, 1.54) is 27.5 Å². The summed E-state index contributed by atoms with van der Waals surface area (Å²) >= 11 is 0. The summed E-state index contributed by atoms with van der Waals surface area (Å²) in [5, 5.41) is 2.57. The predicted molar refractivity (Wildman–Crippen MR) is 88.9 cm³/mol. The van der Waals surface area contributed by atoms with Crippen molar-refractivity contribution in [1.29, 1.82) is 0 Å². The van der Waals surface area contributed by atoms with Gasteiger partial charge in [0.2, 0.25) is 0 Å². The Kier molecular flexibility index (Phi) is 4.00. The number of aryl methyl sites for hydroxylation is 1. The molecule has 1 unspecified atom stereocenters. The fourth-order valence-corrected chi connectivity index (χ4v) is 2.76. The molecule has 0 aliphatic rings. The topological polar surface area (TPSA) is 38.0 Å². The molecule has 0 amide bonds. The van der Waals surface area contributed by atoms with Crippen LogP contribution < -0.4 is 11.3 Å². The van der Waals surface area contributed by atoms with E-state index in [-0.39, 0.29) is 6.04 Å². The zero-order valence-corrected chi connectivity index (χ0v) is 12.2. The fourth-order valence-electron chi connectivity index (χ4n) is 2.76. The Hall–Kier alpha value is -2.16. The van der Waals surface area contributed by atoms with Crippen molar-refractivity contribution in [2.24, 2.45) is 5.84 Å². The van der Waals surface area contributed by atoms with Crippen LogP contribution in [0.15, 0.2) is 66.7 Å². The molecule has 0 fully saturated rings. The summed E-state index contributed by atoms with van der Waals surface area (Å²) in [6.07, 6.45) is 0.876. The van der Waals surface area contributed by atoms with Gasteiger partial charge in [-0.3, -0.25) is 11.3 Å². The van der Waals surface area contributed by atoms with Gasteiger partial charge in [0, 0.05) is 0 Å². The van der Waals surface area contributed by atoms with Crippen LogP contribution in [0.3, 0.4) is 0 Å². The molecule has 0 radical (unpaired) electrons. The van der Waals surface area contributed by atoms with Crippen LogP contribution in [0.2, 0.25) is 0 Å². The lowest BCUT2D eigenvalue weighted by molar-refractivity contribution is 0.553. The van der Waals surface area contributed by atoms with Crippen LogP contribution in [0, 0.1) is 6.92 Å². The summed E-state index contributed by atoms with van der Waals surface area (Å²) in [6.45, 7) is 2.10. The van der Waals surface area contributed by atoms with Gasteiger partial charge in [-0.05, 0) is 35.2 Å². The molecule has 1 atom stereocenters. The summed E-state index contributed by atoms with van der Waals surface area (Å²) in [4.78, 5) is 0. The monoisotopic (exact) mass is 276 g/mol. The molecule has 3 N–H and O–H groups in total. The number of fused-ring (bicyclic) bond motifs is 1. The van der Waals surface area contributed by atoms with Gasteiger partial charge in [0.25, 0.3) is 0 Å². The highest BCUT2D eigenvalue weighted by Crippen LogP contribution is 2.24. The molecule has 0 heterocycles. The van der Waals surface area contributed by atoms with Crippen LogP contribution in [0.25, 0.3) is 10.8 Å². The molecule has 0 aromatic heterocycles. The predicted octanol–water partition coefficient (Wildman–Crippen LogP) is 3.90. The molecule has 0 saturated carbocycles. The van der Waals surface area contributed by atoms with E-state index in [4.69, 9.17) is 5.84 Å². The van der Waals surface area contributed by atoms with E-state index in [9.17, 15) is 0 Å². The Morgan fingerprint density at radius 2 is 1.62 bits per heavy atom. The molecule has 3 rings (SSSR count). The van der Waals surface area contributed by atoms with Crippen LogP contribution in [-0.2, 0) is 6.42 Å². The first-order valence-electron chi connectivity index (χ1n) is 7.27. The van der Waals surface area contributed by atoms with Crippen LogP contribution in [0.4, 0.5) is 0 Å². The maximum absolute atomic E-state index is 5.78. The van der Waals surface area contributed by atoms with Gasteiger partial charge < -0.3 is 0 Å². The van der Waals surface area contributed by atoms with E-state index in [0.29, 0.717) is 0 Å². The van der Waals surface area contributed by atoms with Crippen molar-refractivity contribution >= 4 is 10.8 Å². The van der Waals surface area contributed by atoms with Gasteiger partial charge >= 0.3 is 0 Å². The number of benzene rings is 3. The molecule has 0 aliphatic heterocycles. The minimum atomic E-state index is 0.122. The summed E-state index contributed by atoms with van der Waals surface area (Å²) in [5.41, 5.74) is 6.75. The van der Waals surface area contributed by atoms with Crippen LogP contribution in [-0.4, -0.2) is 0 Å². The number of hydrogen-bond acceptors (Lipinski definition) is 2. The summed E-state index contributed by atoms with van der Waals surface area (Å²) in [7, 11) is 0. The lowest BCUT2D eigenvalue weighted by Crippen LogP contribution is -2.29. The minimum Gasteiger partial charge on any atom is -0.271 e. The van der Waals surface area contributed by atoms with Gasteiger partial charge in [-0.1, -0.05) is 72.3 Å². The van der Waals surface area contributed by atoms with E-state index < -0.39 is 0 Å². The Labute approximate surface area is 125 Å². The number of nitrogens with one attached hydrogen (secondary N) is 1. The van der Waals surface area contributed by atoms with Crippen molar-refractivity contribution in [3.8, 4) is 0 Å². The van der Waals surface area contributed by atoms with Gasteiger partial charge in [-0.2, -0.15) is 0 Å². The zero-order valence-electron chi connectivity index (χ0n) is 12.2. The summed E-state index contributed by atoms with van der Waals surface area (Å²) in [6, 6.07) is 23.6. The van der Waals surface area contributed by atoms with Crippen molar-refractivity contribution in [3.05, 3.63) is 83.4 Å². The molecule has 2 nitrogen and oxygen atoms in total. The van der Waals surface area contributed by atoms with E-state index >= 15 is 0 Å². The molecular formula is C19H20N2. The average Bonchev–Trinajstić information content (AvgIpc) is 2.54. The third-order valence-electron chi connectivity index (χ3n) is 3.98. The van der Waals surface area contributed by atoms with Crippen molar-refractivity contribution in [3.63, 3.8) is 0 Å². The van der Waals surface area contributed by atoms with E-state index in [1.807, 2.05) is 0 Å². The van der Waals surface area contributed by atoms with E-state index in [0.717, 1.165) is 6.42 Å². The van der Waals surface area contributed by atoms with Gasteiger partial charge in [0.05, 0.1) is 6.04 Å². The van der Waals surface area contributed by atoms with Crippen molar-refractivity contribution in [2.45, 2.75) is 19.4 Å². The summed E-state index contributed by atoms with van der Waals surface area (Å²) < 4.78 is 0. The normalized spacial score (nSPS) is 12.5. The quantitative estimate of drug-likeness (QED) is 0.560. The van der Waals surface area contributed by atoms with Crippen LogP contribution in [0.1, 0.15) is 22.7 Å². The first-order chi connectivity index (χ1) is 10.3. The maximum Gasteiger partial charge on any atom is 0.0500 e. The molecule has 0 bridgehead atoms. The lowest BCUT2D eigenvalue weighted by Gasteiger charge is -2.18. The molecule has 3 aromatic rings. The second-order valence-corrected chi connectivity index (χ2v) is 5.47. The number of hydrazine groups is 1. The SMILES string of the molecule is Cc1ccc(C(Cc2cccc3ccccc23)NN)cc1. The highest BCUT2D eigenvalue weighted by atomic mass is 15.2. The molecule has 21 heavy (non-hydrogen) atoms. The molecule has 3 aromatic carbocycles. The van der Waals surface area contributed by atoms with Crippen molar-refractivity contribution < 1.29 is 0 Å². The van der Waals surface area contributed by atoms with Crippen molar-refractivity contribution in [1.82, 2.24) is 5.43 Å². The van der Waals surface area contributed by atoms with Crippen molar-refractivity contribution in [2.75, 3.05) is 0 Å². The number of hydrogen-bond donors (Lipinski definition) is 2. The van der Waals surface area contributed by atoms with E-state index in [2.05, 4.69) is 79.1 Å². The smallest absolute Gasteiger partial charge is 0.0500 e. The molecule has 0 saturated heterocycles. The Balaban J connectivity index is 1.94. The van der Waals surface area contributed by atoms with Crippen LogP contribution >= 0.6 is 0 Å². The highest BCUT2D eigenvalue weighted by molar-refractivity contribution is 5.85. The third kappa shape index (κ3) is 2.97. The Morgan fingerprint density at radius 3 is 2.38 bits per heavy atom. The zero-order chi connectivity index (χ0) is 14.7. The second kappa shape index (κ2) is 6.08. The van der Waals surface area contributed by atoms with Gasteiger partial charge in [-0.15, -0.1) is 0 Å². The Morgan fingerprint density at radius 1 is 0.905 bits per heavy atom. The first-order valence-corrected chi connectivity index (χ1v) is 7.27. The minimum absolute atomic E-state index is 0.122. The maximum atomic E-state index is 5.78. The number of rotatable bonds is 4. The second-order valence-electron chi connectivity index (χ2n) is 5.47. The molecule has 106 valence electrons. The van der Waals surface area contributed by atoms with Gasteiger partial charge in [-0.25, -0.2) is 0 Å². The summed E-state index contributed by atoms with van der Waals surface area (Å²) in [5.74, 6) is 5.78. The van der Waals surface area contributed by atoms with Gasteiger partial charge in [0.15, 0.2) is 0 Å². The molecule has 0 aliphatic carbocycles. The fraction of sp³-hybridized carbons (Fsp3) is 0.158. The third-order valence-corrected chi connectivity index (χ3v) is 3.98. The van der Waals surface area contributed by atoms with Crippen LogP contribution in [0.5, 0.6) is 0 Å². The molecule has 2 heteroatoms.